The Morgan fingerprint density at radius 2 is 2.00 bits per heavy atom. The van der Waals surface area contributed by atoms with E-state index in [0.717, 1.165) is 31.7 Å². The molecule has 0 radical (unpaired) electrons. The van der Waals surface area contributed by atoms with Gasteiger partial charge in [-0.2, -0.15) is 0 Å². The van der Waals surface area contributed by atoms with E-state index in [1.165, 1.54) is 25.9 Å². The van der Waals surface area contributed by atoms with Crippen molar-refractivity contribution in [2.24, 2.45) is 0 Å². The lowest BCUT2D eigenvalue weighted by Crippen LogP contribution is -2.32. The van der Waals surface area contributed by atoms with Crippen molar-refractivity contribution in [3.63, 3.8) is 0 Å². The standard InChI is InChI=1S/C18H21N3S2/c1-13-7-8-16(22-13)17(21-11-4-9-19-10-12-21)18-20-14-5-2-3-6-15(14)23-18/h2-3,5-8,17,19H,4,9-12H2,1H3. The molecular formula is C18H21N3S2. The SMILES string of the molecule is Cc1ccc(C(c2nc3ccccc3s2)N2CCCNCC2)s1. The van der Waals surface area contributed by atoms with Crippen LogP contribution in [0.5, 0.6) is 0 Å². The third-order valence-electron chi connectivity index (χ3n) is 4.31. The fourth-order valence-electron chi connectivity index (χ4n) is 3.19. The number of nitrogens with one attached hydrogen (secondary N) is 1. The molecule has 0 saturated carbocycles. The van der Waals surface area contributed by atoms with E-state index in [9.17, 15) is 0 Å². The molecule has 1 aliphatic rings. The fourth-order valence-corrected chi connectivity index (χ4v) is 5.40. The Balaban J connectivity index is 1.77. The van der Waals surface area contributed by atoms with Crippen molar-refractivity contribution in [3.8, 4) is 0 Å². The van der Waals surface area contributed by atoms with Crippen LogP contribution in [0.25, 0.3) is 10.2 Å². The van der Waals surface area contributed by atoms with Gasteiger partial charge in [0, 0.05) is 29.4 Å². The minimum atomic E-state index is 0.297. The predicted octanol–water partition coefficient (Wildman–Crippen LogP) is 4.05. The Hall–Kier alpha value is -1.27. The van der Waals surface area contributed by atoms with Crippen LogP contribution >= 0.6 is 22.7 Å². The summed E-state index contributed by atoms with van der Waals surface area (Å²) in [6, 6.07) is 13.3. The zero-order valence-corrected chi connectivity index (χ0v) is 14.9. The van der Waals surface area contributed by atoms with Gasteiger partial charge in [-0.25, -0.2) is 4.98 Å². The molecule has 1 N–H and O–H groups in total. The summed E-state index contributed by atoms with van der Waals surface area (Å²) in [4.78, 5) is 10.4. The molecule has 1 saturated heterocycles. The van der Waals surface area contributed by atoms with Gasteiger partial charge in [-0.3, -0.25) is 4.90 Å². The number of benzene rings is 1. The predicted molar refractivity (Wildman–Crippen MR) is 99.6 cm³/mol. The van der Waals surface area contributed by atoms with Crippen molar-refractivity contribution in [3.05, 3.63) is 51.2 Å². The second-order valence-electron chi connectivity index (χ2n) is 6.01. The summed E-state index contributed by atoms with van der Waals surface area (Å²) >= 11 is 3.75. The quantitative estimate of drug-likeness (QED) is 0.777. The van der Waals surface area contributed by atoms with E-state index in [1.807, 2.05) is 22.7 Å². The highest BCUT2D eigenvalue weighted by atomic mass is 32.1. The highest BCUT2D eigenvalue weighted by Crippen LogP contribution is 2.37. The molecule has 2 aromatic heterocycles. The summed E-state index contributed by atoms with van der Waals surface area (Å²) < 4.78 is 1.29. The summed E-state index contributed by atoms with van der Waals surface area (Å²) in [6.07, 6.45) is 1.20. The zero-order chi connectivity index (χ0) is 15.6. The first kappa shape index (κ1) is 15.3. The number of rotatable bonds is 3. The number of hydrogen-bond donors (Lipinski definition) is 1. The van der Waals surface area contributed by atoms with Gasteiger partial charge in [0.15, 0.2) is 0 Å². The van der Waals surface area contributed by atoms with Crippen molar-refractivity contribution in [1.82, 2.24) is 15.2 Å². The average molecular weight is 344 g/mol. The first-order valence-electron chi connectivity index (χ1n) is 8.18. The molecule has 4 rings (SSSR count). The number of hydrogen-bond acceptors (Lipinski definition) is 5. The summed E-state index contributed by atoms with van der Waals surface area (Å²) in [5.41, 5.74) is 1.12. The lowest BCUT2D eigenvalue weighted by molar-refractivity contribution is 0.243. The second kappa shape index (κ2) is 6.69. The average Bonchev–Trinajstić information content (AvgIpc) is 3.07. The van der Waals surface area contributed by atoms with Crippen LogP contribution in [-0.4, -0.2) is 36.1 Å². The normalized spacial score (nSPS) is 18.1. The number of thiophene rings is 1. The first-order valence-corrected chi connectivity index (χ1v) is 9.81. The maximum absolute atomic E-state index is 4.97. The number of para-hydroxylation sites is 1. The molecule has 1 fully saturated rings. The lowest BCUT2D eigenvalue weighted by atomic mass is 10.2. The topological polar surface area (TPSA) is 28.2 Å². The first-order chi connectivity index (χ1) is 11.3. The van der Waals surface area contributed by atoms with Gasteiger partial charge in [0.2, 0.25) is 0 Å². The molecule has 0 spiro atoms. The molecule has 0 bridgehead atoms. The summed E-state index contributed by atoms with van der Waals surface area (Å²) in [7, 11) is 0. The molecule has 3 aromatic rings. The van der Waals surface area contributed by atoms with E-state index < -0.39 is 0 Å². The third-order valence-corrected chi connectivity index (χ3v) is 6.46. The van der Waals surface area contributed by atoms with Crippen molar-refractivity contribution in [2.75, 3.05) is 26.2 Å². The highest BCUT2D eigenvalue weighted by Gasteiger charge is 2.27. The van der Waals surface area contributed by atoms with Crippen LogP contribution < -0.4 is 5.32 Å². The van der Waals surface area contributed by atoms with Crippen LogP contribution in [0.1, 0.15) is 27.2 Å². The Morgan fingerprint density at radius 1 is 1.09 bits per heavy atom. The molecule has 1 unspecified atom stereocenters. The van der Waals surface area contributed by atoms with Crippen LogP contribution in [0.15, 0.2) is 36.4 Å². The molecule has 23 heavy (non-hydrogen) atoms. The van der Waals surface area contributed by atoms with Gasteiger partial charge < -0.3 is 5.32 Å². The van der Waals surface area contributed by atoms with E-state index in [0.29, 0.717) is 6.04 Å². The Kier molecular flexibility index (Phi) is 4.44. The smallest absolute Gasteiger partial charge is 0.116 e. The fraction of sp³-hybridized carbons (Fsp3) is 0.389. The maximum atomic E-state index is 4.97. The van der Waals surface area contributed by atoms with Crippen LogP contribution in [-0.2, 0) is 0 Å². The Morgan fingerprint density at radius 3 is 2.83 bits per heavy atom. The molecule has 5 heteroatoms. The summed E-state index contributed by atoms with van der Waals surface area (Å²) in [6.45, 7) is 6.58. The van der Waals surface area contributed by atoms with Gasteiger partial charge in [0.05, 0.1) is 16.3 Å². The van der Waals surface area contributed by atoms with Crippen molar-refractivity contribution >= 4 is 32.9 Å². The Labute approximate surface area is 145 Å². The molecular weight excluding hydrogens is 322 g/mol. The second-order valence-corrected chi connectivity index (χ2v) is 8.39. The zero-order valence-electron chi connectivity index (χ0n) is 13.3. The monoisotopic (exact) mass is 343 g/mol. The van der Waals surface area contributed by atoms with Crippen molar-refractivity contribution in [2.45, 2.75) is 19.4 Å². The van der Waals surface area contributed by atoms with Gasteiger partial charge in [-0.05, 0) is 44.2 Å². The summed E-state index contributed by atoms with van der Waals surface area (Å²) in [5, 5.41) is 4.74. The third kappa shape index (κ3) is 3.19. The lowest BCUT2D eigenvalue weighted by Gasteiger charge is -2.28. The number of nitrogens with zero attached hydrogens (tertiary/aromatic N) is 2. The van der Waals surface area contributed by atoms with Crippen molar-refractivity contribution < 1.29 is 0 Å². The maximum Gasteiger partial charge on any atom is 0.116 e. The molecule has 3 heterocycles. The number of fused-ring (bicyclic) bond motifs is 1. The molecule has 120 valence electrons. The molecule has 1 atom stereocenters. The van der Waals surface area contributed by atoms with E-state index in [4.69, 9.17) is 4.98 Å². The van der Waals surface area contributed by atoms with Gasteiger partial charge in [0.25, 0.3) is 0 Å². The molecule has 0 amide bonds. The summed E-state index contributed by atoms with van der Waals surface area (Å²) in [5.74, 6) is 0. The van der Waals surface area contributed by atoms with E-state index in [2.05, 4.69) is 53.5 Å². The van der Waals surface area contributed by atoms with Crippen LogP contribution in [0.2, 0.25) is 0 Å². The van der Waals surface area contributed by atoms with E-state index >= 15 is 0 Å². The van der Waals surface area contributed by atoms with Gasteiger partial charge >= 0.3 is 0 Å². The van der Waals surface area contributed by atoms with Crippen molar-refractivity contribution in [1.29, 1.82) is 0 Å². The minimum Gasteiger partial charge on any atom is -0.315 e. The molecule has 1 aliphatic heterocycles. The molecule has 1 aromatic carbocycles. The number of aromatic nitrogens is 1. The minimum absolute atomic E-state index is 0.297. The van der Waals surface area contributed by atoms with Gasteiger partial charge in [-0.1, -0.05) is 12.1 Å². The van der Waals surface area contributed by atoms with Crippen LogP contribution in [0.4, 0.5) is 0 Å². The van der Waals surface area contributed by atoms with E-state index in [-0.39, 0.29) is 0 Å². The van der Waals surface area contributed by atoms with Gasteiger partial charge in [-0.15, -0.1) is 22.7 Å². The van der Waals surface area contributed by atoms with E-state index in [1.54, 1.807) is 0 Å². The molecule has 0 aliphatic carbocycles. The largest absolute Gasteiger partial charge is 0.315 e. The van der Waals surface area contributed by atoms with Crippen LogP contribution in [0.3, 0.4) is 0 Å². The number of thiazole rings is 1. The van der Waals surface area contributed by atoms with Crippen LogP contribution in [0, 0.1) is 6.92 Å². The molecule has 3 nitrogen and oxygen atoms in total. The Bertz CT molecular complexity index is 751. The van der Waals surface area contributed by atoms with Gasteiger partial charge in [0.1, 0.15) is 5.01 Å². The number of aryl methyl sites for hydroxylation is 1. The highest BCUT2D eigenvalue weighted by molar-refractivity contribution is 7.19.